The lowest BCUT2D eigenvalue weighted by Crippen LogP contribution is -2.16. The molecule has 15 heteroatoms. The Morgan fingerprint density at radius 1 is 1.10 bits per heavy atom. The molecule has 2 aromatic heterocycles. The monoisotopic (exact) mass is 592 g/mol. The molecular weight excluding hydrogens is 568 g/mol. The summed E-state index contributed by atoms with van der Waals surface area (Å²) in [5.41, 5.74) is 6.42. The van der Waals surface area contributed by atoms with Crippen molar-refractivity contribution in [2.24, 2.45) is 5.73 Å². The number of primary amides is 1. The molecule has 0 spiro atoms. The molecule has 0 radical (unpaired) electrons. The number of rotatable bonds is 11. The molecule has 0 aliphatic heterocycles. The maximum absolute atomic E-state index is 13.3. The maximum atomic E-state index is 13.3. The fraction of sp³-hybridized carbons (Fsp3) is 0.192. The number of aromatic nitrogens is 3. The number of halogens is 4. The van der Waals surface area contributed by atoms with Crippen LogP contribution in [0.2, 0.25) is 0 Å². The predicted octanol–water partition coefficient (Wildman–Crippen LogP) is 4.90. The zero-order chi connectivity index (χ0) is 29.8. The SMILES string of the molecule is CCS(=O)(=O)Nc1ccc(-c2[nH]nc(Nc3cccc(CC(F)(F)F)n3)c2C(N)=O)cc1OCc1ccc(F)cc1. The Morgan fingerprint density at radius 3 is 2.49 bits per heavy atom. The van der Waals surface area contributed by atoms with E-state index in [-0.39, 0.29) is 52.4 Å². The molecule has 0 saturated heterocycles. The molecule has 5 N–H and O–H groups in total. The summed E-state index contributed by atoms with van der Waals surface area (Å²) in [4.78, 5) is 16.4. The highest BCUT2D eigenvalue weighted by atomic mass is 32.2. The lowest BCUT2D eigenvalue weighted by Gasteiger charge is -2.15. The summed E-state index contributed by atoms with van der Waals surface area (Å²) in [5.74, 6) is -1.55. The summed E-state index contributed by atoms with van der Waals surface area (Å²) in [6.45, 7) is 1.42. The molecule has 0 aliphatic rings. The molecule has 2 aromatic carbocycles. The summed E-state index contributed by atoms with van der Waals surface area (Å²) in [6, 6.07) is 13.9. The number of ether oxygens (including phenoxy) is 1. The van der Waals surface area contributed by atoms with Gasteiger partial charge in [-0.2, -0.15) is 18.3 Å². The second-order valence-corrected chi connectivity index (χ2v) is 10.8. The van der Waals surface area contributed by atoms with Crippen molar-refractivity contribution in [2.45, 2.75) is 26.1 Å². The van der Waals surface area contributed by atoms with Crippen LogP contribution in [-0.4, -0.2) is 41.4 Å². The zero-order valence-electron chi connectivity index (χ0n) is 21.4. The first-order valence-electron chi connectivity index (χ1n) is 12.0. The number of pyridine rings is 1. The Morgan fingerprint density at radius 2 is 1.83 bits per heavy atom. The fourth-order valence-corrected chi connectivity index (χ4v) is 4.37. The van der Waals surface area contributed by atoms with Gasteiger partial charge >= 0.3 is 6.18 Å². The van der Waals surface area contributed by atoms with Gasteiger partial charge in [0.2, 0.25) is 10.0 Å². The van der Waals surface area contributed by atoms with E-state index in [2.05, 4.69) is 25.2 Å². The number of amides is 1. The second-order valence-electron chi connectivity index (χ2n) is 8.75. The number of benzene rings is 2. The van der Waals surface area contributed by atoms with E-state index in [1.165, 1.54) is 67.6 Å². The highest BCUT2D eigenvalue weighted by Crippen LogP contribution is 2.35. The summed E-state index contributed by atoms with van der Waals surface area (Å²) >= 11 is 0. The van der Waals surface area contributed by atoms with Gasteiger partial charge in [-0.3, -0.25) is 14.6 Å². The zero-order valence-corrected chi connectivity index (χ0v) is 22.2. The standard InChI is InChI=1S/C26H24F4N6O4S/c1-2-41(38,39)36-19-11-8-16(12-20(19)40-14-15-6-9-17(27)10-7-15)23-22(24(31)37)25(35-34-23)33-21-5-3-4-18(32-21)13-26(28,29)30/h3-12,36H,2,13-14H2,1H3,(H2,31,37)(H2,32,33,34,35). The molecule has 0 atom stereocenters. The van der Waals surface area contributed by atoms with Crippen LogP contribution in [0.5, 0.6) is 5.75 Å². The number of nitrogens with one attached hydrogen (secondary N) is 3. The van der Waals surface area contributed by atoms with Crippen molar-refractivity contribution in [3.8, 4) is 17.0 Å². The van der Waals surface area contributed by atoms with E-state index in [9.17, 15) is 30.8 Å². The highest BCUT2D eigenvalue weighted by molar-refractivity contribution is 7.92. The molecule has 10 nitrogen and oxygen atoms in total. The molecule has 216 valence electrons. The van der Waals surface area contributed by atoms with Gasteiger partial charge in [0.15, 0.2) is 5.82 Å². The minimum absolute atomic E-state index is 0.0000552. The van der Waals surface area contributed by atoms with Gasteiger partial charge in [-0.25, -0.2) is 17.8 Å². The normalized spacial score (nSPS) is 11.7. The average molecular weight is 593 g/mol. The molecular formula is C26H24F4N6O4S. The smallest absolute Gasteiger partial charge is 0.394 e. The van der Waals surface area contributed by atoms with Crippen molar-refractivity contribution in [1.29, 1.82) is 0 Å². The highest BCUT2D eigenvalue weighted by Gasteiger charge is 2.28. The van der Waals surface area contributed by atoms with Gasteiger partial charge in [0, 0.05) is 5.56 Å². The van der Waals surface area contributed by atoms with Gasteiger partial charge in [0.25, 0.3) is 5.91 Å². The van der Waals surface area contributed by atoms with Crippen LogP contribution in [0.4, 0.5) is 34.9 Å². The van der Waals surface area contributed by atoms with E-state index in [4.69, 9.17) is 10.5 Å². The first-order chi connectivity index (χ1) is 19.3. The topological polar surface area (TPSA) is 152 Å². The van der Waals surface area contributed by atoms with Gasteiger partial charge in [-0.1, -0.05) is 24.3 Å². The summed E-state index contributed by atoms with van der Waals surface area (Å²) < 4.78 is 84.5. The van der Waals surface area contributed by atoms with Crippen LogP contribution in [0, 0.1) is 5.82 Å². The molecule has 0 unspecified atom stereocenters. The van der Waals surface area contributed by atoms with Crippen LogP contribution in [0.25, 0.3) is 11.3 Å². The summed E-state index contributed by atoms with van der Waals surface area (Å²) in [7, 11) is -3.69. The van der Waals surface area contributed by atoms with Gasteiger partial charge < -0.3 is 15.8 Å². The Kier molecular flexibility index (Phi) is 8.47. The van der Waals surface area contributed by atoms with Crippen molar-refractivity contribution in [3.05, 3.63) is 83.3 Å². The fourth-order valence-electron chi connectivity index (χ4n) is 3.72. The molecule has 4 rings (SSSR count). The van der Waals surface area contributed by atoms with Crippen LogP contribution >= 0.6 is 0 Å². The van der Waals surface area contributed by atoms with Gasteiger partial charge in [-0.15, -0.1) is 0 Å². The molecule has 2 heterocycles. The van der Waals surface area contributed by atoms with Gasteiger partial charge in [0.1, 0.15) is 29.6 Å². The molecule has 4 aromatic rings. The van der Waals surface area contributed by atoms with Crippen LogP contribution in [0.15, 0.2) is 60.7 Å². The molecule has 0 aliphatic carbocycles. The number of alkyl halides is 3. The maximum Gasteiger partial charge on any atom is 0.394 e. The van der Waals surface area contributed by atoms with Crippen molar-refractivity contribution in [1.82, 2.24) is 15.2 Å². The number of H-pyrrole nitrogens is 1. The minimum atomic E-state index is -4.46. The van der Waals surface area contributed by atoms with Crippen LogP contribution < -0.4 is 20.5 Å². The number of hydrogen-bond acceptors (Lipinski definition) is 7. The van der Waals surface area contributed by atoms with E-state index in [1.54, 1.807) is 0 Å². The average Bonchev–Trinajstić information content (AvgIpc) is 3.32. The van der Waals surface area contributed by atoms with Crippen LogP contribution in [-0.2, 0) is 23.1 Å². The van der Waals surface area contributed by atoms with E-state index in [1.807, 2.05) is 0 Å². The predicted molar refractivity (Wildman–Crippen MR) is 144 cm³/mol. The molecule has 41 heavy (non-hydrogen) atoms. The van der Waals surface area contributed by atoms with Crippen molar-refractivity contribution < 1.29 is 35.5 Å². The third kappa shape index (κ3) is 7.72. The van der Waals surface area contributed by atoms with Crippen molar-refractivity contribution in [2.75, 3.05) is 15.8 Å². The van der Waals surface area contributed by atoms with E-state index < -0.39 is 34.3 Å². The Labute approximate surface area is 232 Å². The molecule has 0 saturated carbocycles. The number of carbonyl (C=O) groups is 1. The Hall–Kier alpha value is -4.66. The second kappa shape index (κ2) is 11.8. The molecule has 0 fully saturated rings. The largest absolute Gasteiger partial charge is 0.487 e. The third-order valence-electron chi connectivity index (χ3n) is 5.67. The first-order valence-corrected chi connectivity index (χ1v) is 13.7. The number of nitrogens with two attached hydrogens (primary N) is 1. The summed E-state index contributed by atoms with van der Waals surface area (Å²) in [5, 5.41) is 9.44. The molecule has 1 amide bonds. The number of hydrogen-bond donors (Lipinski definition) is 4. The van der Waals surface area contributed by atoms with Crippen LogP contribution in [0.3, 0.4) is 0 Å². The lowest BCUT2D eigenvalue weighted by atomic mass is 10.1. The first kappa shape index (κ1) is 29.3. The van der Waals surface area contributed by atoms with E-state index in [0.717, 1.165) is 0 Å². The number of carbonyl (C=O) groups excluding carboxylic acids is 1. The molecule has 0 bridgehead atoms. The third-order valence-corrected chi connectivity index (χ3v) is 6.96. The Bertz CT molecular complexity index is 1660. The number of sulfonamides is 1. The van der Waals surface area contributed by atoms with Gasteiger partial charge in [-0.05, 0) is 48.9 Å². The van der Waals surface area contributed by atoms with Crippen LogP contribution in [0.1, 0.15) is 28.5 Å². The van der Waals surface area contributed by atoms with Crippen molar-refractivity contribution >= 4 is 33.3 Å². The Balaban J connectivity index is 1.68. The number of anilines is 3. The number of aromatic amines is 1. The van der Waals surface area contributed by atoms with E-state index >= 15 is 0 Å². The number of nitrogens with zero attached hydrogens (tertiary/aromatic N) is 2. The quantitative estimate of drug-likeness (QED) is 0.181. The minimum Gasteiger partial charge on any atom is -0.487 e. The summed E-state index contributed by atoms with van der Waals surface area (Å²) in [6.07, 6.45) is -5.71. The lowest BCUT2D eigenvalue weighted by molar-refractivity contribution is -0.127. The van der Waals surface area contributed by atoms with Gasteiger partial charge in [0.05, 0.1) is 29.2 Å². The van der Waals surface area contributed by atoms with E-state index in [0.29, 0.717) is 11.1 Å². The van der Waals surface area contributed by atoms with Crippen molar-refractivity contribution in [3.63, 3.8) is 0 Å².